The van der Waals surface area contributed by atoms with Crippen molar-refractivity contribution in [3.8, 4) is 0 Å². The van der Waals surface area contributed by atoms with Crippen molar-refractivity contribution in [1.82, 2.24) is 0 Å². The number of nitrogens with two attached hydrogens (primary N) is 1. The van der Waals surface area contributed by atoms with Crippen molar-refractivity contribution in [2.24, 2.45) is 11.7 Å². The van der Waals surface area contributed by atoms with E-state index in [1.54, 1.807) is 13.8 Å². The van der Waals surface area contributed by atoms with E-state index in [1.807, 2.05) is 0 Å². The summed E-state index contributed by atoms with van der Waals surface area (Å²) in [5.41, 5.74) is 5.39. The Morgan fingerprint density at radius 1 is 1.40 bits per heavy atom. The molecule has 6 heteroatoms. The van der Waals surface area contributed by atoms with Crippen LogP contribution in [0.2, 0.25) is 0 Å². The minimum Gasteiger partial charge on any atom is -0.330 e. The van der Waals surface area contributed by atoms with Crippen LogP contribution in [0.3, 0.4) is 0 Å². The molecule has 1 rings (SSSR count). The van der Waals surface area contributed by atoms with Crippen LogP contribution in [0, 0.1) is 12.8 Å². The van der Waals surface area contributed by atoms with Gasteiger partial charge < -0.3 is 11.1 Å². The molecule has 1 aromatic carbocycles. The van der Waals surface area contributed by atoms with E-state index in [-0.39, 0.29) is 17.5 Å². The first-order chi connectivity index (χ1) is 9.25. The second-order valence-electron chi connectivity index (χ2n) is 4.85. The molecule has 0 bridgehead atoms. The Balaban J connectivity index is 2.84. The van der Waals surface area contributed by atoms with Gasteiger partial charge in [-0.3, -0.25) is 4.79 Å². The fourth-order valence-corrected chi connectivity index (χ4v) is 1.74. The first-order valence-electron chi connectivity index (χ1n) is 6.44. The van der Waals surface area contributed by atoms with Crippen molar-refractivity contribution in [2.75, 3.05) is 11.9 Å². The van der Waals surface area contributed by atoms with Crippen molar-refractivity contribution in [3.05, 3.63) is 29.3 Å². The Bertz CT molecular complexity index is 472. The zero-order valence-corrected chi connectivity index (χ0v) is 11.6. The van der Waals surface area contributed by atoms with Crippen LogP contribution in [-0.2, 0) is 11.0 Å². The molecule has 0 fully saturated rings. The summed E-state index contributed by atoms with van der Waals surface area (Å²) in [6.07, 6.45) is -3.10. The molecule has 0 heterocycles. The molecule has 1 atom stereocenters. The van der Waals surface area contributed by atoms with E-state index in [0.29, 0.717) is 24.9 Å². The molecule has 0 aliphatic rings. The highest BCUT2D eigenvalue weighted by molar-refractivity contribution is 5.93. The summed E-state index contributed by atoms with van der Waals surface area (Å²) in [5, 5.41) is 2.55. The molecule has 0 saturated carbocycles. The molecule has 0 aliphatic carbocycles. The lowest BCUT2D eigenvalue weighted by Gasteiger charge is -2.15. The van der Waals surface area contributed by atoms with Gasteiger partial charge in [-0.05, 0) is 44.0 Å². The molecule has 1 aromatic rings. The largest absolute Gasteiger partial charge is 0.416 e. The average molecular weight is 288 g/mol. The lowest BCUT2D eigenvalue weighted by molar-refractivity contribution is -0.137. The van der Waals surface area contributed by atoms with Gasteiger partial charge in [-0.25, -0.2) is 0 Å². The number of carbonyl (C=O) groups is 1. The zero-order valence-electron chi connectivity index (χ0n) is 11.6. The number of alkyl halides is 3. The van der Waals surface area contributed by atoms with Gasteiger partial charge in [-0.15, -0.1) is 0 Å². The quantitative estimate of drug-likeness (QED) is 0.873. The van der Waals surface area contributed by atoms with Gasteiger partial charge in [0, 0.05) is 11.6 Å². The molecule has 0 saturated heterocycles. The summed E-state index contributed by atoms with van der Waals surface area (Å²) in [4.78, 5) is 11.9. The molecule has 0 spiro atoms. The van der Waals surface area contributed by atoms with Crippen LogP contribution >= 0.6 is 0 Å². The van der Waals surface area contributed by atoms with E-state index in [2.05, 4.69) is 5.32 Å². The lowest BCUT2D eigenvalue weighted by atomic mass is 10.0. The minimum absolute atomic E-state index is 0.199. The van der Waals surface area contributed by atoms with E-state index < -0.39 is 11.7 Å². The number of halogens is 3. The molecule has 1 unspecified atom stereocenters. The molecule has 1 amide bonds. The predicted molar refractivity (Wildman–Crippen MR) is 72.3 cm³/mol. The first-order valence-corrected chi connectivity index (χ1v) is 6.44. The molecule has 3 nitrogen and oxygen atoms in total. The van der Waals surface area contributed by atoms with Crippen LogP contribution in [0.5, 0.6) is 0 Å². The van der Waals surface area contributed by atoms with Gasteiger partial charge in [0.2, 0.25) is 5.91 Å². The Hall–Kier alpha value is -1.56. The lowest BCUT2D eigenvalue weighted by Crippen LogP contribution is -2.22. The topological polar surface area (TPSA) is 55.1 Å². The first kappa shape index (κ1) is 16.5. The number of hydrogen-bond donors (Lipinski definition) is 2. The second kappa shape index (κ2) is 6.74. The molecular weight excluding hydrogens is 269 g/mol. The van der Waals surface area contributed by atoms with Gasteiger partial charge in [-0.1, -0.05) is 13.0 Å². The number of nitrogens with one attached hydrogen (secondary N) is 1. The number of benzene rings is 1. The van der Waals surface area contributed by atoms with E-state index in [1.165, 1.54) is 6.07 Å². The van der Waals surface area contributed by atoms with Crippen LogP contribution in [0.1, 0.15) is 30.9 Å². The smallest absolute Gasteiger partial charge is 0.330 e. The average Bonchev–Trinajstić information content (AvgIpc) is 2.37. The van der Waals surface area contributed by atoms with Crippen molar-refractivity contribution in [2.45, 2.75) is 32.9 Å². The van der Waals surface area contributed by atoms with E-state index in [4.69, 9.17) is 5.73 Å². The van der Waals surface area contributed by atoms with E-state index >= 15 is 0 Å². The van der Waals surface area contributed by atoms with E-state index in [9.17, 15) is 18.0 Å². The highest BCUT2D eigenvalue weighted by atomic mass is 19.4. The third kappa shape index (κ3) is 4.52. The normalized spacial score (nSPS) is 13.1. The standard InChI is InChI=1S/C14H19F3N2O/c1-9-5-6-11(14(15,16)17)8-12(9)19-13(20)10(2)4-3-7-18/h5-6,8,10H,3-4,7,18H2,1-2H3,(H,19,20). The molecular formula is C14H19F3N2O. The van der Waals surface area contributed by atoms with E-state index in [0.717, 1.165) is 12.1 Å². The van der Waals surface area contributed by atoms with Crippen molar-refractivity contribution in [3.63, 3.8) is 0 Å². The van der Waals surface area contributed by atoms with Crippen LogP contribution in [0.25, 0.3) is 0 Å². The summed E-state index contributed by atoms with van der Waals surface area (Å²) in [6.45, 7) is 3.87. The van der Waals surface area contributed by atoms with Gasteiger partial charge in [0.1, 0.15) is 0 Å². The molecule has 112 valence electrons. The number of hydrogen-bond acceptors (Lipinski definition) is 2. The maximum atomic E-state index is 12.6. The predicted octanol–water partition coefficient (Wildman–Crippen LogP) is 3.33. The molecule has 0 aliphatic heterocycles. The summed E-state index contributed by atoms with van der Waals surface area (Å²) >= 11 is 0. The molecule has 3 N–H and O–H groups in total. The van der Waals surface area contributed by atoms with Crippen LogP contribution in [-0.4, -0.2) is 12.5 Å². The Morgan fingerprint density at radius 2 is 2.05 bits per heavy atom. The van der Waals surface area contributed by atoms with Gasteiger partial charge in [0.25, 0.3) is 0 Å². The van der Waals surface area contributed by atoms with Gasteiger partial charge >= 0.3 is 6.18 Å². The summed E-state index contributed by atoms with van der Waals surface area (Å²) in [5.74, 6) is -0.576. The zero-order chi connectivity index (χ0) is 15.3. The molecule has 0 aromatic heterocycles. The highest BCUT2D eigenvalue weighted by Gasteiger charge is 2.31. The van der Waals surface area contributed by atoms with Crippen molar-refractivity contribution in [1.29, 1.82) is 0 Å². The SMILES string of the molecule is Cc1ccc(C(F)(F)F)cc1NC(=O)C(C)CCCN. The second-order valence-corrected chi connectivity index (χ2v) is 4.85. The van der Waals surface area contributed by atoms with Crippen LogP contribution in [0.4, 0.5) is 18.9 Å². The third-order valence-electron chi connectivity index (χ3n) is 3.11. The van der Waals surface area contributed by atoms with Crippen LogP contribution < -0.4 is 11.1 Å². The Kier molecular flexibility index (Phi) is 5.56. The fraction of sp³-hybridized carbons (Fsp3) is 0.500. The fourth-order valence-electron chi connectivity index (χ4n) is 1.74. The Labute approximate surface area is 116 Å². The Morgan fingerprint density at radius 3 is 2.60 bits per heavy atom. The molecule has 0 radical (unpaired) electrons. The molecule has 20 heavy (non-hydrogen) atoms. The van der Waals surface area contributed by atoms with Crippen molar-refractivity contribution < 1.29 is 18.0 Å². The number of carbonyl (C=O) groups excluding carboxylic acids is 1. The number of amides is 1. The van der Waals surface area contributed by atoms with Crippen molar-refractivity contribution >= 4 is 11.6 Å². The monoisotopic (exact) mass is 288 g/mol. The minimum atomic E-state index is -4.42. The van der Waals surface area contributed by atoms with Gasteiger partial charge in [-0.2, -0.15) is 13.2 Å². The third-order valence-corrected chi connectivity index (χ3v) is 3.11. The van der Waals surface area contributed by atoms with Gasteiger partial charge in [0.15, 0.2) is 0 Å². The summed E-state index contributed by atoms with van der Waals surface area (Å²) in [6, 6.07) is 3.31. The summed E-state index contributed by atoms with van der Waals surface area (Å²) in [7, 11) is 0. The maximum absolute atomic E-state index is 12.6. The number of anilines is 1. The number of aryl methyl sites for hydroxylation is 1. The van der Waals surface area contributed by atoms with Crippen LogP contribution in [0.15, 0.2) is 18.2 Å². The summed E-state index contributed by atoms with van der Waals surface area (Å²) < 4.78 is 37.9. The number of rotatable bonds is 5. The maximum Gasteiger partial charge on any atom is 0.416 e. The highest BCUT2D eigenvalue weighted by Crippen LogP contribution is 2.32. The van der Waals surface area contributed by atoms with Gasteiger partial charge in [0.05, 0.1) is 5.56 Å².